The summed E-state index contributed by atoms with van der Waals surface area (Å²) in [6, 6.07) is 0. The molecule has 0 aliphatic rings. The zero-order valence-corrected chi connectivity index (χ0v) is 11.8. The van der Waals surface area contributed by atoms with Crippen LogP contribution in [-0.2, 0) is 4.79 Å². The third kappa shape index (κ3) is 15.4. The summed E-state index contributed by atoms with van der Waals surface area (Å²) in [5.74, 6) is 0.164. The van der Waals surface area contributed by atoms with E-state index in [9.17, 15) is 4.79 Å². The van der Waals surface area contributed by atoms with Crippen LogP contribution >= 0.6 is 0 Å². The van der Waals surface area contributed by atoms with E-state index in [1.807, 2.05) is 6.08 Å². The molecule has 0 saturated heterocycles. The number of allylic oxidation sites excluding steroid dienone is 2. The molecule has 0 atom stereocenters. The van der Waals surface area contributed by atoms with Crippen LogP contribution in [0.15, 0.2) is 12.2 Å². The molecule has 0 heterocycles. The summed E-state index contributed by atoms with van der Waals surface area (Å²) in [6.45, 7) is 3.87. The molecule has 0 rings (SSSR count). The second-order valence-corrected chi connectivity index (χ2v) is 4.98. The molecular weight excluding hydrogens is 208 g/mol. The fourth-order valence-corrected chi connectivity index (χ4v) is 2.00. The average molecular weight is 238 g/mol. The molecule has 0 saturated carbocycles. The molecule has 0 bridgehead atoms. The van der Waals surface area contributed by atoms with Crippen molar-refractivity contribution in [2.75, 3.05) is 0 Å². The van der Waals surface area contributed by atoms with Gasteiger partial charge in [-0.15, -0.1) is 0 Å². The zero-order chi connectivity index (χ0) is 12.8. The van der Waals surface area contributed by atoms with Crippen LogP contribution in [0, 0.1) is 0 Å². The van der Waals surface area contributed by atoms with Gasteiger partial charge in [0.15, 0.2) is 5.78 Å². The van der Waals surface area contributed by atoms with Gasteiger partial charge >= 0.3 is 0 Å². The molecule has 1 heteroatoms. The fourth-order valence-electron chi connectivity index (χ4n) is 2.00. The van der Waals surface area contributed by atoms with Crippen molar-refractivity contribution in [2.45, 2.75) is 84.5 Å². The van der Waals surface area contributed by atoms with Gasteiger partial charge < -0.3 is 0 Å². The Morgan fingerprint density at radius 1 is 0.824 bits per heavy atom. The molecule has 0 aliphatic heterocycles. The topological polar surface area (TPSA) is 17.1 Å². The first kappa shape index (κ1) is 16.4. The summed E-state index contributed by atoms with van der Waals surface area (Å²) in [5, 5.41) is 0. The first-order valence-electron chi connectivity index (χ1n) is 7.44. The fraction of sp³-hybridized carbons (Fsp3) is 0.812. The lowest BCUT2D eigenvalue weighted by Gasteiger charge is -2.01. The second-order valence-electron chi connectivity index (χ2n) is 4.98. The first-order valence-corrected chi connectivity index (χ1v) is 7.44. The van der Waals surface area contributed by atoms with Gasteiger partial charge in [-0.3, -0.25) is 4.79 Å². The van der Waals surface area contributed by atoms with Crippen molar-refractivity contribution in [1.29, 1.82) is 0 Å². The number of hydrogen-bond acceptors (Lipinski definition) is 1. The second kappa shape index (κ2) is 13.5. The van der Waals surface area contributed by atoms with E-state index in [0.717, 1.165) is 6.42 Å². The van der Waals surface area contributed by atoms with E-state index in [4.69, 9.17) is 0 Å². The molecule has 17 heavy (non-hydrogen) atoms. The summed E-state index contributed by atoms with van der Waals surface area (Å²) in [4.78, 5) is 10.6. The highest BCUT2D eigenvalue weighted by Crippen LogP contribution is 2.11. The molecule has 0 unspecified atom stereocenters. The minimum absolute atomic E-state index is 0.164. The highest BCUT2D eigenvalue weighted by atomic mass is 16.1. The summed E-state index contributed by atoms with van der Waals surface area (Å²) in [5.41, 5.74) is 0. The molecule has 0 fully saturated rings. The summed E-state index contributed by atoms with van der Waals surface area (Å²) in [6.07, 6.45) is 18.5. The van der Waals surface area contributed by atoms with E-state index in [-0.39, 0.29) is 5.78 Å². The standard InChI is InChI=1S/C16H30O/c1-3-4-5-6-7-8-9-10-11-12-13-14-15-16(2)17/h14-15H,3-13H2,1-2H3/b15-14-. The Bertz CT molecular complexity index is 194. The zero-order valence-electron chi connectivity index (χ0n) is 11.8. The van der Waals surface area contributed by atoms with E-state index in [1.165, 1.54) is 64.2 Å². The molecule has 0 radical (unpaired) electrons. The van der Waals surface area contributed by atoms with Crippen molar-refractivity contribution in [1.82, 2.24) is 0 Å². The molecule has 0 aromatic heterocycles. The largest absolute Gasteiger partial charge is 0.295 e. The lowest BCUT2D eigenvalue weighted by atomic mass is 10.1. The quantitative estimate of drug-likeness (QED) is 0.327. The predicted molar refractivity (Wildman–Crippen MR) is 76.3 cm³/mol. The summed E-state index contributed by atoms with van der Waals surface area (Å²) >= 11 is 0. The van der Waals surface area contributed by atoms with E-state index in [2.05, 4.69) is 6.92 Å². The Kier molecular flexibility index (Phi) is 13.0. The number of ketones is 1. The van der Waals surface area contributed by atoms with E-state index >= 15 is 0 Å². The number of rotatable bonds is 12. The molecule has 0 aromatic rings. The highest BCUT2D eigenvalue weighted by molar-refractivity contribution is 5.87. The molecule has 0 aliphatic carbocycles. The third-order valence-electron chi connectivity index (χ3n) is 3.08. The lowest BCUT2D eigenvalue weighted by Crippen LogP contribution is -1.82. The van der Waals surface area contributed by atoms with Crippen LogP contribution in [0.25, 0.3) is 0 Å². The maximum Gasteiger partial charge on any atom is 0.152 e. The Hall–Kier alpha value is -0.590. The van der Waals surface area contributed by atoms with Crippen LogP contribution in [0.2, 0.25) is 0 Å². The SMILES string of the molecule is CCCCCCCCCCCC/C=C\C(C)=O. The van der Waals surface area contributed by atoms with Crippen LogP contribution in [-0.4, -0.2) is 5.78 Å². The number of hydrogen-bond donors (Lipinski definition) is 0. The molecular formula is C16H30O. The number of carbonyl (C=O) groups is 1. The van der Waals surface area contributed by atoms with Gasteiger partial charge in [-0.05, 0) is 25.8 Å². The van der Waals surface area contributed by atoms with Crippen LogP contribution < -0.4 is 0 Å². The summed E-state index contributed by atoms with van der Waals surface area (Å²) in [7, 11) is 0. The Balaban J connectivity index is 3.01. The molecule has 100 valence electrons. The Morgan fingerprint density at radius 2 is 1.29 bits per heavy atom. The lowest BCUT2D eigenvalue weighted by molar-refractivity contribution is -0.112. The highest BCUT2D eigenvalue weighted by Gasteiger charge is 1.91. The van der Waals surface area contributed by atoms with Gasteiger partial charge in [0, 0.05) is 0 Å². The van der Waals surface area contributed by atoms with Gasteiger partial charge in [0.1, 0.15) is 0 Å². The van der Waals surface area contributed by atoms with Crippen LogP contribution in [0.1, 0.15) is 84.5 Å². The van der Waals surface area contributed by atoms with Gasteiger partial charge in [0.2, 0.25) is 0 Å². The van der Waals surface area contributed by atoms with Gasteiger partial charge in [0.25, 0.3) is 0 Å². The molecule has 0 N–H and O–H groups in total. The van der Waals surface area contributed by atoms with E-state index in [1.54, 1.807) is 13.0 Å². The Morgan fingerprint density at radius 3 is 1.76 bits per heavy atom. The smallest absolute Gasteiger partial charge is 0.152 e. The van der Waals surface area contributed by atoms with Crippen molar-refractivity contribution in [2.24, 2.45) is 0 Å². The molecule has 1 nitrogen and oxygen atoms in total. The average Bonchev–Trinajstić information content (AvgIpc) is 2.30. The van der Waals surface area contributed by atoms with Crippen molar-refractivity contribution in [3.63, 3.8) is 0 Å². The minimum Gasteiger partial charge on any atom is -0.295 e. The van der Waals surface area contributed by atoms with Crippen molar-refractivity contribution in [3.8, 4) is 0 Å². The van der Waals surface area contributed by atoms with Crippen molar-refractivity contribution < 1.29 is 4.79 Å². The maximum atomic E-state index is 10.6. The maximum absolute atomic E-state index is 10.6. The number of carbonyl (C=O) groups excluding carboxylic acids is 1. The molecule has 0 amide bonds. The van der Waals surface area contributed by atoms with Gasteiger partial charge in [-0.25, -0.2) is 0 Å². The monoisotopic (exact) mass is 238 g/mol. The Labute approximate surface area is 108 Å². The first-order chi connectivity index (χ1) is 8.27. The van der Waals surface area contributed by atoms with Gasteiger partial charge in [-0.1, -0.05) is 70.8 Å². The van der Waals surface area contributed by atoms with E-state index < -0.39 is 0 Å². The molecule has 0 aromatic carbocycles. The third-order valence-corrected chi connectivity index (χ3v) is 3.08. The molecule has 0 spiro atoms. The number of unbranched alkanes of at least 4 members (excludes halogenated alkanes) is 10. The van der Waals surface area contributed by atoms with Crippen LogP contribution in [0.5, 0.6) is 0 Å². The van der Waals surface area contributed by atoms with Crippen LogP contribution in [0.3, 0.4) is 0 Å². The normalized spacial score (nSPS) is 11.2. The van der Waals surface area contributed by atoms with Crippen LogP contribution in [0.4, 0.5) is 0 Å². The van der Waals surface area contributed by atoms with Gasteiger partial charge in [-0.2, -0.15) is 0 Å². The van der Waals surface area contributed by atoms with Crippen molar-refractivity contribution in [3.05, 3.63) is 12.2 Å². The minimum atomic E-state index is 0.164. The van der Waals surface area contributed by atoms with E-state index in [0.29, 0.717) is 0 Å². The van der Waals surface area contributed by atoms with Gasteiger partial charge in [0.05, 0.1) is 0 Å². The summed E-state index contributed by atoms with van der Waals surface area (Å²) < 4.78 is 0. The van der Waals surface area contributed by atoms with Crippen molar-refractivity contribution >= 4 is 5.78 Å². The predicted octanol–water partition coefficient (Wildman–Crippen LogP) is 5.44.